The van der Waals surface area contributed by atoms with Gasteiger partial charge in [-0.2, -0.15) is 12.6 Å². The van der Waals surface area contributed by atoms with Crippen molar-refractivity contribution in [3.8, 4) is 0 Å². The number of nitrogens with zero attached hydrogens (tertiary/aromatic N) is 3. The largest absolute Gasteiger partial charge is 0.265 e. The lowest BCUT2D eigenvalue weighted by Crippen LogP contribution is -1.84. The summed E-state index contributed by atoms with van der Waals surface area (Å²) in [7, 11) is 0. The van der Waals surface area contributed by atoms with E-state index in [0.717, 1.165) is 0 Å². The van der Waals surface area contributed by atoms with Gasteiger partial charge in [0.05, 0.1) is 12.3 Å². The van der Waals surface area contributed by atoms with Crippen LogP contribution in [0.5, 0.6) is 0 Å². The lowest BCUT2D eigenvalue weighted by molar-refractivity contribution is 1.17. The van der Waals surface area contributed by atoms with Crippen LogP contribution in [-0.2, 0) is 0 Å². The first-order valence-electron chi connectivity index (χ1n) is 2.86. The average Bonchev–Trinajstić information content (AvgIpc) is 2.09. The topological polar surface area (TPSA) is 30.1 Å². The molecule has 11 heavy (non-hydrogen) atoms. The van der Waals surface area contributed by atoms with E-state index in [9.17, 15) is 0 Å². The summed E-state index contributed by atoms with van der Waals surface area (Å²) in [6, 6.07) is 0. The number of rotatable bonds is 1. The zero-order valence-corrected chi connectivity index (χ0v) is 6.49. The zero-order chi connectivity index (χ0) is 8.10. The second-order valence-corrected chi connectivity index (χ2v) is 1.97. The Morgan fingerprint density at radius 1 is 1.64 bits per heavy atom. The van der Waals surface area contributed by atoms with Crippen molar-refractivity contribution < 1.29 is 0 Å². The van der Waals surface area contributed by atoms with Crippen LogP contribution in [0, 0.1) is 6.57 Å². The minimum Gasteiger partial charge on any atom is -0.265 e. The van der Waals surface area contributed by atoms with Crippen LogP contribution in [0.3, 0.4) is 0 Å². The Morgan fingerprint density at radius 2 is 2.45 bits per heavy atom. The number of hydrogen-bond acceptors (Lipinski definition) is 3. The van der Waals surface area contributed by atoms with Gasteiger partial charge in [-0.25, -0.2) is 4.85 Å². The minimum atomic E-state index is 0.404. The molecule has 0 bridgehead atoms. The Kier molecular flexibility index (Phi) is 2.64. The van der Waals surface area contributed by atoms with Gasteiger partial charge >= 0.3 is 0 Å². The zero-order valence-electron chi connectivity index (χ0n) is 5.60. The molecule has 0 radical (unpaired) electrons. The second-order valence-electron chi connectivity index (χ2n) is 1.72. The maximum Gasteiger partial charge on any atom is 0.219 e. The van der Waals surface area contributed by atoms with E-state index in [4.69, 9.17) is 6.57 Å². The number of hydrogen-bond donors (Lipinski definition) is 1. The van der Waals surface area contributed by atoms with E-state index in [1.807, 2.05) is 0 Å². The van der Waals surface area contributed by atoms with Crippen molar-refractivity contribution in [1.29, 1.82) is 0 Å². The molecule has 4 heteroatoms. The van der Waals surface area contributed by atoms with E-state index in [-0.39, 0.29) is 0 Å². The molecule has 1 aromatic rings. The molecule has 1 rings (SSSR count). The number of aromatic nitrogens is 2. The molecule has 0 amide bonds. The van der Waals surface area contributed by atoms with Gasteiger partial charge in [-0.3, -0.25) is 9.97 Å². The molecule has 1 heterocycles. The van der Waals surface area contributed by atoms with Crippen LogP contribution in [0.1, 0.15) is 5.69 Å². The molecule has 0 fully saturated rings. The molecule has 0 aliphatic heterocycles. The normalized spacial score (nSPS) is 10.7. The first-order valence-corrected chi connectivity index (χ1v) is 3.38. The molecule has 0 saturated heterocycles. The molecule has 0 spiro atoms. The van der Waals surface area contributed by atoms with Gasteiger partial charge in [0.1, 0.15) is 0 Å². The van der Waals surface area contributed by atoms with E-state index >= 15 is 0 Å². The van der Waals surface area contributed by atoms with Gasteiger partial charge < -0.3 is 0 Å². The van der Waals surface area contributed by atoms with E-state index in [2.05, 4.69) is 27.4 Å². The van der Waals surface area contributed by atoms with Crippen molar-refractivity contribution in [1.82, 2.24) is 9.97 Å². The fourth-order valence-corrected chi connectivity index (χ4v) is 0.774. The van der Waals surface area contributed by atoms with Crippen LogP contribution in [0.4, 0.5) is 0 Å². The molecule has 0 N–H and O–H groups in total. The van der Waals surface area contributed by atoms with Crippen molar-refractivity contribution >= 4 is 18.3 Å². The second kappa shape index (κ2) is 3.74. The molecule has 0 atom stereocenters. The van der Waals surface area contributed by atoms with Gasteiger partial charge in [0, 0.05) is 18.6 Å². The predicted octanol–water partition coefficient (Wildman–Crippen LogP) is 1.62. The lowest BCUT2D eigenvalue weighted by Gasteiger charge is -1.92. The van der Waals surface area contributed by atoms with Gasteiger partial charge in [0.15, 0.2) is 0 Å². The molecule has 54 valence electrons. The van der Waals surface area contributed by atoms with Gasteiger partial charge in [-0.15, -0.1) is 0 Å². The van der Waals surface area contributed by atoms with Crippen molar-refractivity contribution in [2.75, 3.05) is 0 Å². The third-order valence-electron chi connectivity index (χ3n) is 1.07. The molecular weight excluding hydrogens is 158 g/mol. The van der Waals surface area contributed by atoms with Crippen molar-refractivity contribution in [3.63, 3.8) is 0 Å². The summed E-state index contributed by atoms with van der Waals surface area (Å²) in [6.07, 6.45) is 4.63. The van der Waals surface area contributed by atoms with Crippen molar-refractivity contribution in [2.45, 2.75) is 0 Å². The molecule has 0 aromatic carbocycles. The van der Waals surface area contributed by atoms with E-state index in [1.165, 1.54) is 17.8 Å². The standard InChI is InChI=1S/C7H5N3S/c1-8-7(5-11)6-4-9-2-3-10-6/h2-5,11H/b7-5-. The first-order chi connectivity index (χ1) is 5.38. The Hall–Kier alpha value is -1.34. The van der Waals surface area contributed by atoms with Crippen molar-refractivity contribution in [2.24, 2.45) is 0 Å². The molecule has 0 saturated carbocycles. The summed E-state index contributed by atoms with van der Waals surface area (Å²) >= 11 is 3.86. The highest BCUT2D eigenvalue weighted by Crippen LogP contribution is 2.11. The summed E-state index contributed by atoms with van der Waals surface area (Å²) in [5.41, 5.74) is 0.957. The van der Waals surface area contributed by atoms with Crippen LogP contribution in [0.25, 0.3) is 10.5 Å². The van der Waals surface area contributed by atoms with Gasteiger partial charge in [-0.05, 0) is 5.41 Å². The summed E-state index contributed by atoms with van der Waals surface area (Å²) in [4.78, 5) is 11.0. The predicted molar refractivity (Wildman–Crippen MR) is 45.6 cm³/mol. The van der Waals surface area contributed by atoms with Crippen LogP contribution < -0.4 is 0 Å². The van der Waals surface area contributed by atoms with Crippen molar-refractivity contribution in [3.05, 3.63) is 41.1 Å². The first kappa shape index (κ1) is 7.76. The maximum atomic E-state index is 6.74. The molecule has 0 unspecified atom stereocenters. The fraction of sp³-hybridized carbons (Fsp3) is 0. The van der Waals surface area contributed by atoms with Crippen LogP contribution in [0.2, 0.25) is 0 Å². The maximum absolute atomic E-state index is 6.74. The van der Waals surface area contributed by atoms with E-state index in [0.29, 0.717) is 11.4 Å². The summed E-state index contributed by atoms with van der Waals surface area (Å²) < 4.78 is 0. The van der Waals surface area contributed by atoms with Gasteiger partial charge in [0.2, 0.25) is 5.70 Å². The number of thiol groups is 1. The Bertz CT molecular complexity index is 299. The summed E-state index contributed by atoms with van der Waals surface area (Å²) in [6.45, 7) is 6.74. The highest BCUT2D eigenvalue weighted by atomic mass is 32.1. The third-order valence-corrected chi connectivity index (χ3v) is 1.31. The molecule has 3 nitrogen and oxygen atoms in total. The molecule has 0 aliphatic carbocycles. The van der Waals surface area contributed by atoms with Crippen LogP contribution in [0.15, 0.2) is 24.0 Å². The molecular formula is C7H5N3S. The Morgan fingerprint density at radius 3 is 2.91 bits per heavy atom. The Balaban J connectivity index is 3.05. The molecule has 0 aliphatic rings. The fourth-order valence-electron chi connectivity index (χ4n) is 0.584. The smallest absolute Gasteiger partial charge is 0.219 e. The monoisotopic (exact) mass is 163 g/mol. The average molecular weight is 163 g/mol. The van der Waals surface area contributed by atoms with Crippen LogP contribution >= 0.6 is 12.6 Å². The highest BCUT2D eigenvalue weighted by Gasteiger charge is 1.98. The molecule has 1 aromatic heterocycles. The summed E-state index contributed by atoms with van der Waals surface area (Å²) in [5.74, 6) is 0. The third kappa shape index (κ3) is 1.79. The van der Waals surface area contributed by atoms with E-state index in [1.54, 1.807) is 6.20 Å². The SMILES string of the molecule is [C-]#[N+]/C(=C\S)c1cnccn1. The van der Waals surface area contributed by atoms with Gasteiger partial charge in [-0.1, -0.05) is 0 Å². The highest BCUT2D eigenvalue weighted by molar-refractivity contribution is 7.83. The lowest BCUT2D eigenvalue weighted by atomic mass is 10.4. The quantitative estimate of drug-likeness (QED) is 0.503. The van der Waals surface area contributed by atoms with Crippen LogP contribution in [-0.4, -0.2) is 9.97 Å². The minimum absolute atomic E-state index is 0.404. The van der Waals surface area contributed by atoms with E-state index < -0.39 is 0 Å². The van der Waals surface area contributed by atoms with Gasteiger partial charge in [0.25, 0.3) is 0 Å². The Labute approximate surface area is 70.0 Å². The summed E-state index contributed by atoms with van der Waals surface area (Å²) in [5, 5.41) is 1.41.